The lowest BCUT2D eigenvalue weighted by Gasteiger charge is -2.36. The summed E-state index contributed by atoms with van der Waals surface area (Å²) < 4.78 is 5.13. The summed E-state index contributed by atoms with van der Waals surface area (Å²) in [4.78, 5) is 15.1. The van der Waals surface area contributed by atoms with Crippen molar-refractivity contribution in [1.29, 1.82) is 0 Å². The number of hydrogen-bond acceptors (Lipinski definition) is 6. The van der Waals surface area contributed by atoms with E-state index in [-0.39, 0.29) is 0 Å². The van der Waals surface area contributed by atoms with Crippen LogP contribution >= 0.6 is 0 Å². The molecule has 0 bridgehead atoms. The number of hydrogen-bond donors (Lipinski definition) is 1. The van der Waals surface area contributed by atoms with Crippen molar-refractivity contribution in [2.75, 3.05) is 31.4 Å². The van der Waals surface area contributed by atoms with Gasteiger partial charge in [-0.15, -0.1) is 0 Å². The highest BCUT2D eigenvalue weighted by Crippen LogP contribution is 2.29. The molecule has 0 aromatic carbocycles. The second-order valence-electron chi connectivity index (χ2n) is 5.14. The summed E-state index contributed by atoms with van der Waals surface area (Å²) in [5.41, 5.74) is 0. The van der Waals surface area contributed by atoms with Crippen LogP contribution in [0.4, 0.5) is 11.9 Å². The quantitative estimate of drug-likeness (QED) is 0.897. The number of nitrogens with one attached hydrogen (secondary N) is 1. The monoisotopic (exact) mass is 265 g/mol. The summed E-state index contributed by atoms with van der Waals surface area (Å²) in [6.07, 6.45) is 5.07. The van der Waals surface area contributed by atoms with Gasteiger partial charge in [-0.05, 0) is 18.8 Å². The first-order valence-corrected chi connectivity index (χ1v) is 6.86. The number of aromatic nitrogens is 3. The third-order valence-corrected chi connectivity index (χ3v) is 3.89. The van der Waals surface area contributed by atoms with Crippen molar-refractivity contribution >= 4 is 11.9 Å². The lowest BCUT2D eigenvalue weighted by Crippen LogP contribution is -2.40. The topological polar surface area (TPSA) is 63.2 Å². The predicted octanol–water partition coefficient (Wildman–Crippen LogP) is 1.94. The van der Waals surface area contributed by atoms with Gasteiger partial charge in [-0.1, -0.05) is 19.8 Å². The molecule has 1 fully saturated rings. The highest BCUT2D eigenvalue weighted by molar-refractivity contribution is 5.38. The summed E-state index contributed by atoms with van der Waals surface area (Å²) in [6.45, 7) is 2.30. The molecule has 0 radical (unpaired) electrons. The molecule has 19 heavy (non-hydrogen) atoms. The number of methoxy groups -OCH3 is 1. The van der Waals surface area contributed by atoms with Gasteiger partial charge in [-0.3, -0.25) is 0 Å². The molecule has 0 spiro atoms. The minimum atomic E-state index is 0.352. The number of ether oxygens (including phenoxy) is 1. The Kier molecular flexibility index (Phi) is 4.39. The van der Waals surface area contributed by atoms with Crippen LogP contribution in [0.3, 0.4) is 0 Å². The van der Waals surface area contributed by atoms with Crippen LogP contribution in [0.25, 0.3) is 0 Å². The molecule has 1 N–H and O–H groups in total. The standard InChI is InChI=1S/C13H23N5O/c1-9-7-5-6-8-10(9)18(3)12-15-11(14-2)16-13(17-12)19-4/h9-10H,5-8H2,1-4H3,(H,14,15,16,17). The summed E-state index contributed by atoms with van der Waals surface area (Å²) in [5.74, 6) is 1.88. The first kappa shape index (κ1) is 13.8. The van der Waals surface area contributed by atoms with E-state index in [9.17, 15) is 0 Å². The maximum atomic E-state index is 5.13. The average molecular weight is 265 g/mol. The smallest absolute Gasteiger partial charge is 0.322 e. The summed E-state index contributed by atoms with van der Waals surface area (Å²) >= 11 is 0. The fourth-order valence-corrected chi connectivity index (χ4v) is 2.73. The first-order chi connectivity index (χ1) is 9.15. The van der Waals surface area contributed by atoms with E-state index in [0.717, 1.165) is 0 Å². The van der Waals surface area contributed by atoms with Gasteiger partial charge in [-0.25, -0.2) is 0 Å². The molecule has 1 aromatic heterocycles. The van der Waals surface area contributed by atoms with Gasteiger partial charge < -0.3 is 15.0 Å². The second kappa shape index (κ2) is 6.04. The van der Waals surface area contributed by atoms with Crippen LogP contribution in [-0.4, -0.2) is 42.2 Å². The van der Waals surface area contributed by atoms with E-state index in [0.29, 0.717) is 29.9 Å². The fourth-order valence-electron chi connectivity index (χ4n) is 2.73. The zero-order valence-electron chi connectivity index (χ0n) is 12.2. The van der Waals surface area contributed by atoms with Crippen LogP contribution < -0.4 is 15.0 Å². The normalized spacial score (nSPS) is 22.9. The molecule has 1 aliphatic carbocycles. The molecular weight excluding hydrogens is 242 g/mol. The molecule has 0 saturated heterocycles. The molecular formula is C13H23N5O. The van der Waals surface area contributed by atoms with Gasteiger partial charge in [0.05, 0.1) is 7.11 Å². The minimum absolute atomic E-state index is 0.352. The van der Waals surface area contributed by atoms with E-state index >= 15 is 0 Å². The van der Waals surface area contributed by atoms with Crippen molar-refractivity contribution in [3.63, 3.8) is 0 Å². The Morgan fingerprint density at radius 2 is 1.95 bits per heavy atom. The molecule has 1 aromatic rings. The Morgan fingerprint density at radius 3 is 2.58 bits per heavy atom. The maximum Gasteiger partial charge on any atom is 0.322 e. The molecule has 106 valence electrons. The second-order valence-corrected chi connectivity index (χ2v) is 5.14. The maximum absolute atomic E-state index is 5.13. The summed E-state index contributed by atoms with van der Waals surface area (Å²) in [5, 5.41) is 2.94. The van der Waals surface area contributed by atoms with E-state index < -0.39 is 0 Å². The van der Waals surface area contributed by atoms with Crippen LogP contribution in [0.2, 0.25) is 0 Å². The molecule has 0 aliphatic heterocycles. The highest BCUT2D eigenvalue weighted by atomic mass is 16.5. The highest BCUT2D eigenvalue weighted by Gasteiger charge is 2.27. The Balaban J connectivity index is 2.24. The molecule has 1 aliphatic rings. The van der Waals surface area contributed by atoms with Crippen molar-refractivity contribution < 1.29 is 4.74 Å². The molecule has 6 nitrogen and oxygen atoms in total. The fraction of sp³-hybridized carbons (Fsp3) is 0.769. The lowest BCUT2D eigenvalue weighted by molar-refractivity contribution is 0.317. The van der Waals surface area contributed by atoms with Crippen molar-refractivity contribution in [2.45, 2.75) is 38.6 Å². The van der Waals surface area contributed by atoms with Crippen LogP contribution in [-0.2, 0) is 0 Å². The largest absolute Gasteiger partial charge is 0.467 e. The Morgan fingerprint density at radius 1 is 1.21 bits per heavy atom. The number of rotatable bonds is 4. The Bertz CT molecular complexity index is 403. The molecule has 0 amide bonds. The third-order valence-electron chi connectivity index (χ3n) is 3.89. The van der Waals surface area contributed by atoms with Gasteiger partial charge in [0.15, 0.2) is 0 Å². The van der Waals surface area contributed by atoms with Gasteiger partial charge in [-0.2, -0.15) is 15.0 Å². The van der Waals surface area contributed by atoms with Gasteiger partial charge in [0.2, 0.25) is 11.9 Å². The van der Waals surface area contributed by atoms with Crippen molar-refractivity contribution in [2.24, 2.45) is 5.92 Å². The SMILES string of the molecule is CNc1nc(OC)nc(N(C)C2CCCCC2C)n1. The molecule has 2 atom stereocenters. The molecule has 2 unspecified atom stereocenters. The summed E-state index contributed by atoms with van der Waals surface area (Å²) in [7, 11) is 5.42. The third kappa shape index (κ3) is 3.05. The van der Waals surface area contributed by atoms with Crippen LogP contribution in [0.15, 0.2) is 0 Å². The van der Waals surface area contributed by atoms with E-state index in [2.05, 4.69) is 39.1 Å². The molecule has 2 rings (SSSR count). The summed E-state index contributed by atoms with van der Waals surface area (Å²) in [6, 6.07) is 0.843. The van der Waals surface area contributed by atoms with Crippen LogP contribution in [0, 0.1) is 5.92 Å². The predicted molar refractivity (Wildman–Crippen MR) is 75.7 cm³/mol. The zero-order chi connectivity index (χ0) is 13.8. The van der Waals surface area contributed by atoms with Crippen molar-refractivity contribution in [3.05, 3.63) is 0 Å². The number of anilines is 2. The Labute approximate surface area is 114 Å². The van der Waals surface area contributed by atoms with E-state index in [1.165, 1.54) is 25.7 Å². The van der Waals surface area contributed by atoms with Crippen LogP contribution in [0.5, 0.6) is 6.01 Å². The first-order valence-electron chi connectivity index (χ1n) is 6.86. The lowest BCUT2D eigenvalue weighted by atomic mass is 9.85. The Hall–Kier alpha value is -1.59. The average Bonchev–Trinajstić information content (AvgIpc) is 2.46. The van der Waals surface area contributed by atoms with Crippen molar-refractivity contribution in [1.82, 2.24) is 15.0 Å². The van der Waals surface area contributed by atoms with E-state index in [1.54, 1.807) is 14.2 Å². The molecule has 1 saturated carbocycles. The molecule has 6 heteroatoms. The minimum Gasteiger partial charge on any atom is -0.467 e. The zero-order valence-corrected chi connectivity index (χ0v) is 12.2. The van der Waals surface area contributed by atoms with Crippen LogP contribution in [0.1, 0.15) is 32.6 Å². The van der Waals surface area contributed by atoms with Crippen molar-refractivity contribution in [3.8, 4) is 6.01 Å². The van der Waals surface area contributed by atoms with E-state index in [4.69, 9.17) is 4.74 Å². The molecule has 1 heterocycles. The number of nitrogens with zero attached hydrogens (tertiary/aromatic N) is 4. The van der Waals surface area contributed by atoms with Gasteiger partial charge in [0, 0.05) is 20.1 Å². The van der Waals surface area contributed by atoms with E-state index in [1.807, 2.05) is 0 Å². The van der Waals surface area contributed by atoms with Gasteiger partial charge in [0.25, 0.3) is 0 Å². The van der Waals surface area contributed by atoms with Gasteiger partial charge >= 0.3 is 6.01 Å². The van der Waals surface area contributed by atoms with Gasteiger partial charge in [0.1, 0.15) is 0 Å².